The maximum Gasteiger partial charge on any atom is 0.323 e. The SMILES string of the molecule is CC(C)c1nc2n(n1)C[C@@H](N[C@@H]1C[C@@H](C)OC1=O)CC2. The number of hydrogen-bond donors (Lipinski definition) is 1. The monoisotopic (exact) mass is 278 g/mol. The molecule has 6 nitrogen and oxygen atoms in total. The molecule has 6 heteroatoms. The van der Waals surface area contributed by atoms with Crippen LogP contribution in [0.5, 0.6) is 0 Å². The van der Waals surface area contributed by atoms with E-state index in [1.54, 1.807) is 0 Å². The van der Waals surface area contributed by atoms with Crippen molar-refractivity contribution in [3.8, 4) is 0 Å². The molecular weight excluding hydrogens is 256 g/mol. The predicted octanol–water partition coefficient (Wildman–Crippen LogP) is 1.01. The molecule has 3 rings (SSSR count). The highest BCUT2D eigenvalue weighted by atomic mass is 16.6. The van der Waals surface area contributed by atoms with Crippen molar-refractivity contribution in [2.75, 3.05) is 0 Å². The minimum Gasteiger partial charge on any atom is -0.461 e. The van der Waals surface area contributed by atoms with E-state index in [9.17, 15) is 4.79 Å². The third-order valence-electron chi connectivity index (χ3n) is 4.00. The molecule has 20 heavy (non-hydrogen) atoms. The lowest BCUT2D eigenvalue weighted by molar-refractivity contribution is -0.142. The summed E-state index contributed by atoms with van der Waals surface area (Å²) < 4.78 is 7.17. The van der Waals surface area contributed by atoms with Crippen LogP contribution in [0, 0.1) is 0 Å². The minimum absolute atomic E-state index is 0.0260. The summed E-state index contributed by atoms with van der Waals surface area (Å²) in [5.74, 6) is 2.21. The second-order valence-corrected chi connectivity index (χ2v) is 6.16. The number of hydrogen-bond acceptors (Lipinski definition) is 5. The minimum atomic E-state index is -0.162. The predicted molar refractivity (Wildman–Crippen MR) is 73.3 cm³/mol. The summed E-state index contributed by atoms with van der Waals surface area (Å²) in [5.41, 5.74) is 0. The lowest BCUT2D eigenvalue weighted by atomic mass is 10.1. The fourth-order valence-corrected chi connectivity index (χ4v) is 2.89. The summed E-state index contributed by atoms with van der Waals surface area (Å²) in [4.78, 5) is 16.3. The van der Waals surface area contributed by atoms with Crippen molar-refractivity contribution in [1.29, 1.82) is 0 Å². The van der Waals surface area contributed by atoms with Crippen LogP contribution in [0.25, 0.3) is 0 Å². The molecule has 0 radical (unpaired) electrons. The van der Waals surface area contributed by atoms with Crippen LogP contribution in [0.15, 0.2) is 0 Å². The van der Waals surface area contributed by atoms with Gasteiger partial charge in [-0.2, -0.15) is 5.10 Å². The summed E-state index contributed by atoms with van der Waals surface area (Å²) in [5, 5.41) is 7.97. The Kier molecular flexibility index (Phi) is 3.50. The van der Waals surface area contributed by atoms with E-state index in [-0.39, 0.29) is 24.2 Å². The van der Waals surface area contributed by atoms with Gasteiger partial charge in [0, 0.05) is 24.8 Å². The Bertz CT molecular complexity index is 511. The van der Waals surface area contributed by atoms with Gasteiger partial charge in [-0.3, -0.25) is 10.1 Å². The molecule has 1 N–H and O–H groups in total. The van der Waals surface area contributed by atoms with Crippen molar-refractivity contribution in [3.63, 3.8) is 0 Å². The Morgan fingerprint density at radius 1 is 1.45 bits per heavy atom. The van der Waals surface area contributed by atoms with Crippen molar-refractivity contribution in [2.45, 2.75) is 70.7 Å². The number of nitrogens with one attached hydrogen (secondary N) is 1. The van der Waals surface area contributed by atoms with E-state index in [4.69, 9.17) is 4.74 Å². The zero-order valence-corrected chi connectivity index (χ0v) is 12.3. The van der Waals surface area contributed by atoms with Crippen molar-refractivity contribution in [3.05, 3.63) is 11.6 Å². The van der Waals surface area contributed by atoms with Crippen LogP contribution in [-0.2, 0) is 22.5 Å². The van der Waals surface area contributed by atoms with Gasteiger partial charge in [0.25, 0.3) is 0 Å². The lowest BCUT2D eigenvalue weighted by Gasteiger charge is -2.25. The Balaban J connectivity index is 1.65. The van der Waals surface area contributed by atoms with Crippen molar-refractivity contribution in [1.82, 2.24) is 20.1 Å². The molecule has 0 bridgehead atoms. The molecule has 0 aromatic carbocycles. The number of nitrogens with zero attached hydrogens (tertiary/aromatic N) is 3. The topological polar surface area (TPSA) is 69.0 Å². The molecule has 1 saturated heterocycles. The Hall–Kier alpha value is -1.43. The molecule has 110 valence electrons. The van der Waals surface area contributed by atoms with Gasteiger partial charge in [-0.1, -0.05) is 13.8 Å². The third-order valence-corrected chi connectivity index (χ3v) is 4.00. The second kappa shape index (κ2) is 5.16. The maximum atomic E-state index is 11.7. The van der Waals surface area contributed by atoms with Gasteiger partial charge in [0.15, 0.2) is 5.82 Å². The van der Waals surface area contributed by atoms with Gasteiger partial charge in [-0.25, -0.2) is 9.67 Å². The van der Waals surface area contributed by atoms with Crippen LogP contribution in [0.2, 0.25) is 0 Å². The quantitative estimate of drug-likeness (QED) is 0.836. The normalized spacial score (nSPS) is 29.6. The molecule has 1 fully saturated rings. The van der Waals surface area contributed by atoms with Gasteiger partial charge in [0.1, 0.15) is 18.0 Å². The van der Waals surface area contributed by atoms with E-state index in [2.05, 4.69) is 29.2 Å². The van der Waals surface area contributed by atoms with E-state index in [0.29, 0.717) is 5.92 Å². The number of ether oxygens (including phenoxy) is 1. The fourth-order valence-electron chi connectivity index (χ4n) is 2.89. The van der Waals surface area contributed by atoms with Crippen LogP contribution < -0.4 is 5.32 Å². The van der Waals surface area contributed by atoms with Crippen LogP contribution in [0.3, 0.4) is 0 Å². The summed E-state index contributed by atoms with van der Waals surface area (Å²) in [6, 6.07) is 0.108. The zero-order chi connectivity index (χ0) is 14.3. The summed E-state index contributed by atoms with van der Waals surface area (Å²) in [6.07, 6.45) is 2.69. The molecular formula is C14H22N4O2. The first-order valence-electron chi connectivity index (χ1n) is 7.43. The Morgan fingerprint density at radius 2 is 2.25 bits per heavy atom. The highest BCUT2D eigenvalue weighted by Gasteiger charge is 2.34. The highest BCUT2D eigenvalue weighted by molar-refractivity contribution is 5.77. The van der Waals surface area contributed by atoms with Crippen LogP contribution in [0.4, 0.5) is 0 Å². The molecule has 0 unspecified atom stereocenters. The number of aryl methyl sites for hydroxylation is 1. The van der Waals surface area contributed by atoms with Crippen molar-refractivity contribution >= 4 is 5.97 Å². The second-order valence-electron chi connectivity index (χ2n) is 6.16. The average Bonchev–Trinajstić information content (AvgIpc) is 2.93. The first-order valence-corrected chi connectivity index (χ1v) is 7.43. The van der Waals surface area contributed by atoms with Crippen LogP contribution >= 0.6 is 0 Å². The molecule has 0 aliphatic carbocycles. The molecule has 3 atom stereocenters. The van der Waals surface area contributed by atoms with Crippen molar-refractivity contribution < 1.29 is 9.53 Å². The van der Waals surface area contributed by atoms with Gasteiger partial charge in [-0.15, -0.1) is 0 Å². The Labute approximate surface area is 118 Å². The number of carbonyl (C=O) groups excluding carboxylic acids is 1. The zero-order valence-electron chi connectivity index (χ0n) is 12.3. The summed E-state index contributed by atoms with van der Waals surface area (Å²) in [6.45, 7) is 6.93. The fraction of sp³-hybridized carbons (Fsp3) is 0.786. The standard InChI is InChI=1S/C14H22N4O2/c1-8(2)13-16-12-5-4-10(7-18(12)17-13)15-11-6-9(3)20-14(11)19/h8-11,15H,4-7H2,1-3H3/t9-,10+,11-/m1/s1. The number of aromatic nitrogens is 3. The molecule has 1 aromatic rings. The smallest absolute Gasteiger partial charge is 0.323 e. The molecule has 0 amide bonds. The van der Waals surface area contributed by atoms with E-state index < -0.39 is 0 Å². The van der Waals surface area contributed by atoms with E-state index in [1.807, 2.05) is 11.6 Å². The van der Waals surface area contributed by atoms with Gasteiger partial charge >= 0.3 is 5.97 Å². The van der Waals surface area contributed by atoms with Gasteiger partial charge in [0.05, 0.1) is 6.54 Å². The summed E-state index contributed by atoms with van der Waals surface area (Å²) >= 11 is 0. The summed E-state index contributed by atoms with van der Waals surface area (Å²) in [7, 11) is 0. The highest BCUT2D eigenvalue weighted by Crippen LogP contribution is 2.20. The van der Waals surface area contributed by atoms with Gasteiger partial charge in [-0.05, 0) is 13.3 Å². The van der Waals surface area contributed by atoms with E-state index in [0.717, 1.165) is 37.5 Å². The number of carbonyl (C=O) groups is 1. The number of esters is 1. The van der Waals surface area contributed by atoms with E-state index in [1.165, 1.54) is 0 Å². The Morgan fingerprint density at radius 3 is 2.90 bits per heavy atom. The largest absolute Gasteiger partial charge is 0.461 e. The molecule has 2 aliphatic heterocycles. The first-order chi connectivity index (χ1) is 9.52. The first kappa shape index (κ1) is 13.5. The van der Waals surface area contributed by atoms with Crippen molar-refractivity contribution in [2.24, 2.45) is 0 Å². The average molecular weight is 278 g/mol. The molecule has 0 spiro atoms. The molecule has 3 heterocycles. The van der Waals surface area contributed by atoms with Crippen LogP contribution in [0.1, 0.15) is 51.2 Å². The molecule has 2 aliphatic rings. The number of fused-ring (bicyclic) bond motifs is 1. The maximum absolute atomic E-state index is 11.7. The lowest BCUT2D eigenvalue weighted by Crippen LogP contribution is -2.45. The molecule has 0 saturated carbocycles. The third kappa shape index (κ3) is 2.57. The molecule has 1 aromatic heterocycles. The van der Waals surface area contributed by atoms with E-state index >= 15 is 0 Å². The van der Waals surface area contributed by atoms with Gasteiger partial charge in [0.2, 0.25) is 0 Å². The number of rotatable bonds is 3. The van der Waals surface area contributed by atoms with Crippen LogP contribution in [-0.4, -0.2) is 38.9 Å². The number of cyclic esters (lactones) is 1. The van der Waals surface area contributed by atoms with Gasteiger partial charge < -0.3 is 4.74 Å².